The van der Waals surface area contributed by atoms with E-state index in [0.29, 0.717) is 11.6 Å². The van der Waals surface area contributed by atoms with Gasteiger partial charge in [0.15, 0.2) is 0 Å². The van der Waals surface area contributed by atoms with E-state index in [0.717, 1.165) is 16.0 Å². The van der Waals surface area contributed by atoms with E-state index in [9.17, 15) is 0 Å². The van der Waals surface area contributed by atoms with Gasteiger partial charge >= 0.3 is 0 Å². The fourth-order valence-corrected chi connectivity index (χ4v) is 3.53. The van der Waals surface area contributed by atoms with Gasteiger partial charge in [-0.05, 0) is 25.0 Å². The summed E-state index contributed by atoms with van der Waals surface area (Å²) < 4.78 is 0. The minimum absolute atomic E-state index is 0.567. The molecule has 19 heavy (non-hydrogen) atoms. The van der Waals surface area contributed by atoms with Gasteiger partial charge in [-0.2, -0.15) is 0 Å². The first-order valence-corrected chi connectivity index (χ1v) is 7.30. The molecule has 0 unspecified atom stereocenters. The number of halogens is 1. The Kier molecular flexibility index (Phi) is 3.25. The number of hydrogen-bond acceptors (Lipinski definition) is 3. The molecule has 0 N–H and O–H groups in total. The number of nitrogens with zero attached hydrogens (tertiary/aromatic N) is 2. The molecule has 2 nitrogen and oxygen atoms in total. The lowest BCUT2D eigenvalue weighted by atomic mass is 10.1. The molecule has 0 saturated carbocycles. The second-order valence-corrected chi connectivity index (χ2v) is 6.12. The molecule has 2 heterocycles. The molecule has 1 aromatic carbocycles. The van der Waals surface area contributed by atoms with Gasteiger partial charge in [0.2, 0.25) is 0 Å². The number of thiophene rings is 1. The lowest BCUT2D eigenvalue weighted by Crippen LogP contribution is -1.97. The van der Waals surface area contributed by atoms with Crippen molar-refractivity contribution in [2.75, 3.05) is 0 Å². The summed E-state index contributed by atoms with van der Waals surface area (Å²) in [4.78, 5) is 11.3. The summed E-state index contributed by atoms with van der Waals surface area (Å²) in [5.41, 5.74) is 2.39. The fourth-order valence-electron chi connectivity index (χ4n) is 2.10. The summed E-state index contributed by atoms with van der Waals surface area (Å²) in [7, 11) is 0. The Labute approximate surface area is 121 Å². The summed E-state index contributed by atoms with van der Waals surface area (Å²) in [5.74, 6) is 0.782. The van der Waals surface area contributed by atoms with Crippen LogP contribution in [0.4, 0.5) is 0 Å². The third kappa shape index (κ3) is 2.36. The van der Waals surface area contributed by atoms with Gasteiger partial charge in [0.25, 0.3) is 0 Å². The van der Waals surface area contributed by atoms with Gasteiger partial charge in [-0.3, -0.25) is 0 Å². The highest BCUT2D eigenvalue weighted by molar-refractivity contribution is 7.18. The molecule has 0 aliphatic heterocycles. The minimum Gasteiger partial charge on any atom is -0.222 e. The first-order valence-electron chi connectivity index (χ1n) is 6.11. The largest absolute Gasteiger partial charge is 0.222 e. The maximum Gasteiger partial charge on any atom is 0.141 e. The molecule has 0 amide bonds. The first kappa shape index (κ1) is 12.6. The molecule has 0 aliphatic carbocycles. The molecule has 4 heteroatoms. The first-order chi connectivity index (χ1) is 9.15. The molecule has 0 radical (unpaired) electrons. The predicted molar refractivity (Wildman–Crippen MR) is 81.1 cm³/mol. The molecule has 0 fully saturated rings. The second kappa shape index (κ2) is 4.91. The van der Waals surface area contributed by atoms with Gasteiger partial charge in [0.1, 0.15) is 15.8 Å². The van der Waals surface area contributed by atoms with Crippen LogP contribution in [0.5, 0.6) is 0 Å². The average molecular weight is 289 g/mol. The molecular weight excluding hydrogens is 276 g/mol. The smallest absolute Gasteiger partial charge is 0.141 e. The third-order valence-corrected chi connectivity index (χ3v) is 4.61. The molecule has 96 valence electrons. The van der Waals surface area contributed by atoms with Gasteiger partial charge in [-0.25, -0.2) is 9.97 Å². The molecule has 2 aromatic heterocycles. The monoisotopic (exact) mass is 288 g/mol. The maximum absolute atomic E-state index is 6.30. The van der Waals surface area contributed by atoms with Crippen molar-refractivity contribution in [1.82, 2.24) is 9.97 Å². The number of fused-ring (bicyclic) bond motifs is 1. The van der Waals surface area contributed by atoms with Crippen molar-refractivity contribution >= 4 is 33.2 Å². The molecule has 3 aromatic rings. The van der Waals surface area contributed by atoms with Crippen molar-refractivity contribution in [2.45, 2.75) is 20.3 Å². The van der Waals surface area contributed by atoms with Crippen molar-refractivity contribution in [3.05, 3.63) is 57.3 Å². The highest BCUT2D eigenvalue weighted by Gasteiger charge is 2.13. The van der Waals surface area contributed by atoms with Gasteiger partial charge in [0.05, 0.1) is 5.39 Å². The summed E-state index contributed by atoms with van der Waals surface area (Å²) >= 11 is 7.98. The summed E-state index contributed by atoms with van der Waals surface area (Å²) in [5, 5.41) is 1.57. The number of benzene rings is 1. The van der Waals surface area contributed by atoms with E-state index < -0.39 is 0 Å². The van der Waals surface area contributed by atoms with E-state index in [1.165, 1.54) is 16.0 Å². The number of hydrogen-bond donors (Lipinski definition) is 0. The second-order valence-electron chi connectivity index (χ2n) is 4.56. The SMILES string of the molecule is Cc1sc2nc(Cc3ccccc3)nc(Cl)c2c1C. The summed E-state index contributed by atoms with van der Waals surface area (Å²) in [6.07, 6.45) is 0.715. The van der Waals surface area contributed by atoms with E-state index in [4.69, 9.17) is 11.6 Å². The Balaban J connectivity index is 2.06. The zero-order valence-corrected chi connectivity index (χ0v) is 12.3. The van der Waals surface area contributed by atoms with E-state index >= 15 is 0 Å². The lowest BCUT2D eigenvalue weighted by molar-refractivity contribution is 0.996. The highest BCUT2D eigenvalue weighted by atomic mass is 35.5. The Morgan fingerprint density at radius 1 is 1.11 bits per heavy atom. The van der Waals surface area contributed by atoms with Crippen molar-refractivity contribution in [3.63, 3.8) is 0 Å². The Hall–Kier alpha value is -1.45. The van der Waals surface area contributed by atoms with Gasteiger partial charge in [0, 0.05) is 11.3 Å². The van der Waals surface area contributed by atoms with Crippen LogP contribution in [0.25, 0.3) is 10.2 Å². The van der Waals surface area contributed by atoms with Crippen LogP contribution in [0, 0.1) is 13.8 Å². The van der Waals surface area contributed by atoms with Crippen molar-refractivity contribution in [1.29, 1.82) is 0 Å². The fraction of sp³-hybridized carbons (Fsp3) is 0.200. The van der Waals surface area contributed by atoms with Crippen LogP contribution in [0.15, 0.2) is 30.3 Å². The van der Waals surface area contributed by atoms with Crippen LogP contribution in [-0.2, 0) is 6.42 Å². The molecule has 0 saturated heterocycles. The van der Waals surface area contributed by atoms with Crippen LogP contribution in [0.2, 0.25) is 5.15 Å². The normalized spacial score (nSPS) is 11.1. The zero-order chi connectivity index (χ0) is 13.4. The Morgan fingerprint density at radius 3 is 2.58 bits per heavy atom. The van der Waals surface area contributed by atoms with Crippen LogP contribution in [0.3, 0.4) is 0 Å². The zero-order valence-electron chi connectivity index (χ0n) is 10.8. The van der Waals surface area contributed by atoms with Crippen LogP contribution >= 0.6 is 22.9 Å². The van der Waals surface area contributed by atoms with Gasteiger partial charge in [-0.15, -0.1) is 11.3 Å². The Bertz CT molecular complexity index is 735. The summed E-state index contributed by atoms with van der Waals surface area (Å²) in [6, 6.07) is 10.2. The van der Waals surface area contributed by atoms with Crippen molar-refractivity contribution in [3.8, 4) is 0 Å². The van der Waals surface area contributed by atoms with E-state index in [1.807, 2.05) is 18.2 Å². The minimum atomic E-state index is 0.567. The molecule has 0 atom stereocenters. The standard InChI is InChI=1S/C15H13ClN2S/c1-9-10(2)19-15-13(9)14(16)17-12(18-15)8-11-6-4-3-5-7-11/h3-7H,8H2,1-2H3. The molecule has 0 aliphatic rings. The highest BCUT2D eigenvalue weighted by Crippen LogP contribution is 2.33. The Morgan fingerprint density at radius 2 is 1.84 bits per heavy atom. The lowest BCUT2D eigenvalue weighted by Gasteiger charge is -2.02. The van der Waals surface area contributed by atoms with Gasteiger partial charge in [-0.1, -0.05) is 41.9 Å². The number of rotatable bonds is 2. The van der Waals surface area contributed by atoms with Crippen molar-refractivity contribution < 1.29 is 0 Å². The quantitative estimate of drug-likeness (QED) is 0.646. The maximum atomic E-state index is 6.30. The van der Waals surface area contributed by atoms with E-state index in [-0.39, 0.29) is 0 Å². The van der Waals surface area contributed by atoms with Crippen LogP contribution < -0.4 is 0 Å². The topological polar surface area (TPSA) is 25.8 Å². The third-order valence-electron chi connectivity index (χ3n) is 3.24. The van der Waals surface area contributed by atoms with Crippen molar-refractivity contribution in [2.24, 2.45) is 0 Å². The van der Waals surface area contributed by atoms with E-state index in [2.05, 4.69) is 35.9 Å². The van der Waals surface area contributed by atoms with E-state index in [1.54, 1.807) is 11.3 Å². The molecule has 3 rings (SSSR count). The molecule has 0 bridgehead atoms. The average Bonchev–Trinajstić information content (AvgIpc) is 2.66. The molecular formula is C15H13ClN2S. The summed E-state index contributed by atoms with van der Waals surface area (Å²) in [6.45, 7) is 4.16. The van der Waals surface area contributed by atoms with Crippen LogP contribution in [-0.4, -0.2) is 9.97 Å². The molecule has 0 spiro atoms. The van der Waals surface area contributed by atoms with Crippen LogP contribution in [0.1, 0.15) is 21.8 Å². The van der Waals surface area contributed by atoms with Gasteiger partial charge < -0.3 is 0 Å². The predicted octanol–water partition coefficient (Wildman–Crippen LogP) is 4.55. The number of aryl methyl sites for hydroxylation is 2. The number of aromatic nitrogens is 2.